The van der Waals surface area contributed by atoms with Crippen LogP contribution < -0.4 is 14.4 Å². The fourth-order valence-corrected chi connectivity index (χ4v) is 4.93. The Kier molecular flexibility index (Phi) is 4.42. The van der Waals surface area contributed by atoms with Gasteiger partial charge in [0.1, 0.15) is 11.5 Å². The van der Waals surface area contributed by atoms with Crippen molar-refractivity contribution in [3.8, 4) is 11.5 Å². The molecule has 30 heavy (non-hydrogen) atoms. The largest absolute Gasteiger partial charge is 0.497 e. The van der Waals surface area contributed by atoms with E-state index in [9.17, 15) is 14.4 Å². The van der Waals surface area contributed by atoms with Gasteiger partial charge in [-0.3, -0.25) is 14.4 Å². The van der Waals surface area contributed by atoms with Crippen LogP contribution in [0.25, 0.3) is 0 Å². The Balaban J connectivity index is 1.37. The van der Waals surface area contributed by atoms with E-state index in [1.165, 1.54) is 12.0 Å². The van der Waals surface area contributed by atoms with Crippen LogP contribution in [0.2, 0.25) is 0 Å². The molecule has 5 rings (SSSR count). The number of anilines is 1. The van der Waals surface area contributed by atoms with Gasteiger partial charge in [-0.15, -0.1) is 0 Å². The second-order valence-electron chi connectivity index (χ2n) is 7.92. The summed E-state index contributed by atoms with van der Waals surface area (Å²) in [7, 11) is 1.54. The van der Waals surface area contributed by atoms with Crippen molar-refractivity contribution in [2.45, 2.75) is 6.42 Å². The van der Waals surface area contributed by atoms with E-state index in [2.05, 4.69) is 12.2 Å². The van der Waals surface area contributed by atoms with Crippen LogP contribution in [0.15, 0.2) is 60.7 Å². The zero-order valence-electron chi connectivity index (χ0n) is 16.5. The highest BCUT2D eigenvalue weighted by atomic mass is 16.5. The second kappa shape index (κ2) is 7.13. The number of benzene rings is 2. The average Bonchev–Trinajstić information content (AvgIpc) is 3.46. The van der Waals surface area contributed by atoms with E-state index in [4.69, 9.17) is 9.47 Å². The third kappa shape index (κ3) is 2.83. The standard InChI is InChI=1S/C24H21NO5/c1-29-17-6-4-5-14(12-17)19(26)13-30-20-8-3-2-7-18(20)25-23(27)21-15-9-10-16(11-15)22(21)24(25)28/h2-10,12,15-16,21-22H,11,13H2,1H3/t15-,16-,21-,22+/m1/s1. The molecule has 152 valence electrons. The van der Waals surface area contributed by atoms with Gasteiger partial charge in [0.15, 0.2) is 12.4 Å². The van der Waals surface area contributed by atoms with Crippen molar-refractivity contribution in [3.05, 3.63) is 66.2 Å². The summed E-state index contributed by atoms with van der Waals surface area (Å²) in [5.74, 6) is 0.0993. The molecule has 0 unspecified atom stereocenters. The number of hydrogen-bond donors (Lipinski definition) is 0. The molecule has 0 aromatic heterocycles. The second-order valence-corrected chi connectivity index (χ2v) is 7.92. The normalized spacial score (nSPS) is 26.2. The van der Waals surface area contributed by atoms with Crippen LogP contribution in [0, 0.1) is 23.7 Å². The number of Topliss-reactive ketones (excluding diaryl/α,β-unsaturated/α-hetero) is 1. The number of para-hydroxylation sites is 2. The van der Waals surface area contributed by atoms with E-state index in [1.807, 2.05) is 0 Å². The van der Waals surface area contributed by atoms with Crippen molar-refractivity contribution in [3.63, 3.8) is 0 Å². The molecule has 0 radical (unpaired) electrons. The van der Waals surface area contributed by atoms with Crippen LogP contribution >= 0.6 is 0 Å². The number of allylic oxidation sites excluding steroid dienone is 2. The van der Waals surface area contributed by atoms with Gasteiger partial charge in [0, 0.05) is 5.56 Å². The van der Waals surface area contributed by atoms with Gasteiger partial charge in [0.2, 0.25) is 11.8 Å². The maximum atomic E-state index is 13.1. The average molecular weight is 403 g/mol. The first-order valence-corrected chi connectivity index (χ1v) is 10.0. The van der Waals surface area contributed by atoms with Crippen LogP contribution in [0.3, 0.4) is 0 Å². The Labute approximate surface area is 174 Å². The molecule has 2 aromatic carbocycles. The number of carbonyl (C=O) groups excluding carboxylic acids is 3. The summed E-state index contributed by atoms with van der Waals surface area (Å²) in [6.45, 7) is -0.208. The van der Waals surface area contributed by atoms with E-state index in [1.54, 1.807) is 48.5 Å². The van der Waals surface area contributed by atoms with Gasteiger partial charge >= 0.3 is 0 Å². The van der Waals surface area contributed by atoms with Gasteiger partial charge in [0.25, 0.3) is 0 Å². The van der Waals surface area contributed by atoms with Crippen molar-refractivity contribution in [1.29, 1.82) is 0 Å². The summed E-state index contributed by atoms with van der Waals surface area (Å²) in [5.41, 5.74) is 0.872. The summed E-state index contributed by atoms with van der Waals surface area (Å²) in [5, 5.41) is 0. The van der Waals surface area contributed by atoms with E-state index in [0.717, 1.165) is 6.42 Å². The molecule has 0 spiro atoms. The lowest BCUT2D eigenvalue weighted by molar-refractivity contribution is -0.123. The molecule has 0 N–H and O–H groups in total. The molecular weight excluding hydrogens is 382 g/mol. The van der Waals surface area contributed by atoms with Gasteiger partial charge in [-0.1, -0.05) is 36.4 Å². The minimum atomic E-state index is -0.279. The topological polar surface area (TPSA) is 72.9 Å². The summed E-state index contributed by atoms with van der Waals surface area (Å²) in [4.78, 5) is 40.0. The quantitative estimate of drug-likeness (QED) is 0.421. The maximum Gasteiger partial charge on any atom is 0.238 e. The van der Waals surface area contributed by atoms with Gasteiger partial charge in [0.05, 0.1) is 24.6 Å². The lowest BCUT2D eigenvalue weighted by atomic mass is 9.85. The Morgan fingerprint density at radius 2 is 1.70 bits per heavy atom. The highest BCUT2D eigenvalue weighted by Crippen LogP contribution is 2.53. The molecule has 2 amide bonds. The van der Waals surface area contributed by atoms with Crippen molar-refractivity contribution in [1.82, 2.24) is 0 Å². The third-order valence-electron chi connectivity index (χ3n) is 6.33. The molecule has 3 aliphatic rings. The van der Waals surface area contributed by atoms with Crippen molar-refractivity contribution in [2.24, 2.45) is 23.7 Å². The number of methoxy groups -OCH3 is 1. The van der Waals surface area contributed by atoms with Gasteiger partial charge in [-0.05, 0) is 42.5 Å². The molecule has 2 aromatic rings. The molecule has 2 fully saturated rings. The first-order valence-electron chi connectivity index (χ1n) is 10.0. The number of nitrogens with zero attached hydrogens (tertiary/aromatic N) is 1. The molecule has 4 atom stereocenters. The third-order valence-corrected chi connectivity index (χ3v) is 6.33. The van der Waals surface area contributed by atoms with E-state index < -0.39 is 0 Å². The van der Waals surface area contributed by atoms with E-state index >= 15 is 0 Å². The van der Waals surface area contributed by atoms with Gasteiger partial charge in [-0.25, -0.2) is 4.90 Å². The Bertz CT molecular complexity index is 1040. The maximum absolute atomic E-state index is 13.1. The van der Waals surface area contributed by atoms with E-state index in [0.29, 0.717) is 22.7 Å². The Morgan fingerprint density at radius 1 is 1.00 bits per heavy atom. The van der Waals surface area contributed by atoms with E-state index in [-0.39, 0.29) is 47.9 Å². The fraction of sp³-hybridized carbons (Fsp3) is 0.292. The summed E-state index contributed by atoms with van der Waals surface area (Å²) >= 11 is 0. The van der Waals surface area contributed by atoms with Gasteiger partial charge in [-0.2, -0.15) is 0 Å². The number of amides is 2. The van der Waals surface area contributed by atoms with Crippen molar-refractivity contribution in [2.75, 3.05) is 18.6 Å². The van der Waals surface area contributed by atoms with Crippen LogP contribution in [0.4, 0.5) is 5.69 Å². The molecule has 1 heterocycles. The lowest BCUT2D eigenvalue weighted by Crippen LogP contribution is -2.33. The zero-order chi connectivity index (χ0) is 20.8. The predicted molar refractivity (Wildman–Crippen MR) is 109 cm³/mol. The molecular formula is C24H21NO5. The fourth-order valence-electron chi connectivity index (χ4n) is 4.93. The molecule has 1 saturated heterocycles. The SMILES string of the molecule is COc1cccc(C(=O)COc2ccccc2N2C(=O)[C@@H]3[C@H](C2=O)[C@@H]2C=C[C@@H]3C2)c1. The van der Waals surface area contributed by atoms with Gasteiger partial charge < -0.3 is 9.47 Å². The molecule has 6 nitrogen and oxygen atoms in total. The Hall–Kier alpha value is -3.41. The first-order chi connectivity index (χ1) is 14.6. The van der Waals surface area contributed by atoms with Crippen LogP contribution in [0.5, 0.6) is 11.5 Å². The minimum Gasteiger partial charge on any atom is -0.497 e. The molecule has 6 heteroatoms. The minimum absolute atomic E-state index is 0.143. The molecule has 2 aliphatic carbocycles. The summed E-state index contributed by atoms with van der Waals surface area (Å²) in [6.07, 6.45) is 5.01. The number of rotatable bonds is 6. The Morgan fingerprint density at radius 3 is 2.40 bits per heavy atom. The number of imide groups is 1. The number of ketones is 1. The van der Waals surface area contributed by atoms with Crippen LogP contribution in [0.1, 0.15) is 16.8 Å². The monoisotopic (exact) mass is 403 g/mol. The molecule has 2 bridgehead atoms. The zero-order valence-corrected chi connectivity index (χ0v) is 16.5. The molecule has 1 saturated carbocycles. The molecule has 1 aliphatic heterocycles. The highest BCUT2D eigenvalue weighted by Gasteiger charge is 2.59. The first kappa shape index (κ1) is 18.6. The number of carbonyl (C=O) groups is 3. The van der Waals surface area contributed by atoms with Crippen LogP contribution in [-0.4, -0.2) is 31.3 Å². The number of ether oxygens (including phenoxy) is 2. The van der Waals surface area contributed by atoms with Crippen LogP contribution in [-0.2, 0) is 9.59 Å². The number of fused-ring (bicyclic) bond motifs is 5. The lowest BCUT2D eigenvalue weighted by Gasteiger charge is -2.20. The summed E-state index contributed by atoms with van der Waals surface area (Å²) in [6, 6.07) is 13.7. The smallest absolute Gasteiger partial charge is 0.238 e. The highest BCUT2D eigenvalue weighted by molar-refractivity contribution is 6.23. The van der Waals surface area contributed by atoms with Crippen molar-refractivity contribution >= 4 is 23.3 Å². The number of hydrogen-bond acceptors (Lipinski definition) is 5. The van der Waals surface area contributed by atoms with Crippen molar-refractivity contribution < 1.29 is 23.9 Å². The summed E-state index contributed by atoms with van der Waals surface area (Å²) < 4.78 is 10.9. The predicted octanol–water partition coefficient (Wildman–Crippen LogP) is 3.27.